The first-order valence-corrected chi connectivity index (χ1v) is 12.2. The van der Waals surface area contributed by atoms with E-state index in [4.69, 9.17) is 5.41 Å². The summed E-state index contributed by atoms with van der Waals surface area (Å²) in [6.45, 7) is 1.35. The smallest absolute Gasteiger partial charge is 0.259 e. The number of nitro groups is 1. The lowest BCUT2D eigenvalue weighted by Crippen LogP contribution is -2.44. The van der Waals surface area contributed by atoms with Crippen molar-refractivity contribution in [2.75, 3.05) is 32.9 Å². The van der Waals surface area contributed by atoms with Crippen LogP contribution in [-0.4, -0.2) is 59.5 Å². The monoisotopic (exact) mass is 426 g/mol. The molecule has 1 fully saturated rings. The molecule has 1 aliphatic rings. The number of rotatable bonds is 10. The number of hydrogen-bond donors (Lipinski definition) is 1. The summed E-state index contributed by atoms with van der Waals surface area (Å²) in [5.41, 5.74) is 0. The summed E-state index contributed by atoms with van der Waals surface area (Å²) >= 11 is 3.73. The van der Waals surface area contributed by atoms with Gasteiger partial charge in [-0.3, -0.25) is 15.5 Å². The molecule has 1 aliphatic carbocycles. The molecule has 0 saturated heterocycles. The van der Waals surface area contributed by atoms with E-state index in [1.807, 2.05) is 28.0 Å². The average molecular weight is 427 g/mol. The van der Waals surface area contributed by atoms with Gasteiger partial charge >= 0.3 is 0 Å². The van der Waals surface area contributed by atoms with E-state index in [-0.39, 0.29) is 17.3 Å². The van der Waals surface area contributed by atoms with Crippen molar-refractivity contribution in [3.63, 3.8) is 0 Å². The third-order valence-electron chi connectivity index (χ3n) is 5.05. The van der Waals surface area contributed by atoms with Crippen molar-refractivity contribution >= 4 is 28.9 Å². The normalized spacial score (nSPS) is 16.0. The third kappa shape index (κ3) is 8.49. The van der Waals surface area contributed by atoms with Crippen LogP contribution in [0.5, 0.6) is 0 Å². The largest absolute Gasteiger partial charge is 0.351 e. The maximum Gasteiger partial charge on any atom is 0.259 e. The number of thiophene rings is 1. The lowest BCUT2D eigenvalue weighted by Gasteiger charge is -2.33. The number of nitrogens with one attached hydrogen (secondary N) is 1. The molecule has 0 bridgehead atoms. The van der Waals surface area contributed by atoms with Gasteiger partial charge in [0, 0.05) is 45.3 Å². The van der Waals surface area contributed by atoms with E-state index in [2.05, 4.69) is 31.1 Å². The van der Waals surface area contributed by atoms with Crippen molar-refractivity contribution in [1.82, 2.24) is 9.80 Å². The number of amidine groups is 1. The minimum Gasteiger partial charge on any atom is -0.351 e. The number of thioether (sulfide) groups is 1. The Hall–Kier alpha value is -1.12. The Balaban J connectivity index is 1.85. The van der Waals surface area contributed by atoms with Crippen LogP contribution < -0.4 is 0 Å². The molecule has 0 radical (unpaired) electrons. The standard InChI is InChI=1S/C20H34N4O2S2/c1-22(2)14-18-10-11-19(28-18)16-27-13-12-23(20(21)15-24(25)26)17-8-6-4-3-5-7-9-17/h10-11,17,21H,3-9,12-16H2,1-2H3. The maximum absolute atomic E-state index is 10.9. The SMILES string of the molecule is CN(C)Cc1ccc(CSCCN(C(=N)C[N+](=O)[O-])C2CCCCCCC2)s1. The summed E-state index contributed by atoms with van der Waals surface area (Å²) in [5.74, 6) is 2.05. The van der Waals surface area contributed by atoms with Crippen molar-refractivity contribution < 1.29 is 4.92 Å². The summed E-state index contributed by atoms with van der Waals surface area (Å²) in [5, 5.41) is 19.2. The molecule has 1 aromatic heterocycles. The van der Waals surface area contributed by atoms with Gasteiger partial charge < -0.3 is 9.80 Å². The minimum absolute atomic E-state index is 0.181. The van der Waals surface area contributed by atoms with Crippen molar-refractivity contribution in [2.24, 2.45) is 0 Å². The van der Waals surface area contributed by atoms with Crippen molar-refractivity contribution in [3.8, 4) is 0 Å². The second kappa shape index (κ2) is 12.4. The molecule has 28 heavy (non-hydrogen) atoms. The van der Waals surface area contributed by atoms with Crippen LogP contribution in [0.4, 0.5) is 0 Å². The molecular weight excluding hydrogens is 392 g/mol. The summed E-state index contributed by atoms with van der Waals surface area (Å²) in [6, 6.07) is 4.70. The molecule has 2 rings (SSSR count). The van der Waals surface area contributed by atoms with Gasteiger partial charge in [0.1, 0.15) is 0 Å². The van der Waals surface area contributed by atoms with Gasteiger partial charge in [0.25, 0.3) is 6.54 Å². The van der Waals surface area contributed by atoms with Crippen LogP contribution in [0.3, 0.4) is 0 Å². The Bertz CT molecular complexity index is 613. The molecule has 1 aromatic rings. The van der Waals surface area contributed by atoms with E-state index < -0.39 is 0 Å². The molecule has 0 aliphatic heterocycles. The second-order valence-electron chi connectivity index (χ2n) is 7.79. The lowest BCUT2D eigenvalue weighted by molar-refractivity contribution is -0.464. The summed E-state index contributed by atoms with van der Waals surface area (Å²) in [4.78, 5) is 17.5. The summed E-state index contributed by atoms with van der Waals surface area (Å²) in [6.07, 6.45) is 8.25. The number of nitrogens with zero attached hydrogens (tertiary/aromatic N) is 3. The predicted molar refractivity (Wildman–Crippen MR) is 120 cm³/mol. The minimum atomic E-state index is -0.372. The van der Waals surface area contributed by atoms with E-state index >= 15 is 0 Å². The van der Waals surface area contributed by atoms with Gasteiger partial charge in [0.05, 0.1) is 0 Å². The topological polar surface area (TPSA) is 73.5 Å². The Morgan fingerprint density at radius 2 is 1.86 bits per heavy atom. The van der Waals surface area contributed by atoms with Gasteiger partial charge in [-0.05, 0) is 39.1 Å². The van der Waals surface area contributed by atoms with E-state index in [1.54, 1.807) is 0 Å². The van der Waals surface area contributed by atoms with Crippen molar-refractivity contribution in [3.05, 3.63) is 32.0 Å². The first-order chi connectivity index (χ1) is 13.5. The lowest BCUT2D eigenvalue weighted by atomic mass is 9.95. The molecule has 8 heteroatoms. The van der Waals surface area contributed by atoms with Crippen LogP contribution in [0.2, 0.25) is 0 Å². The molecule has 1 saturated carbocycles. The highest BCUT2D eigenvalue weighted by molar-refractivity contribution is 7.98. The van der Waals surface area contributed by atoms with Crippen LogP contribution in [0.1, 0.15) is 54.7 Å². The van der Waals surface area contributed by atoms with Gasteiger partial charge in [-0.25, -0.2) is 0 Å². The maximum atomic E-state index is 10.9. The fourth-order valence-electron chi connectivity index (χ4n) is 3.73. The highest BCUT2D eigenvalue weighted by atomic mass is 32.2. The Labute approximate surface area is 177 Å². The fraction of sp³-hybridized carbons (Fsp3) is 0.750. The van der Waals surface area contributed by atoms with Crippen molar-refractivity contribution in [2.45, 2.75) is 63.3 Å². The van der Waals surface area contributed by atoms with Crippen LogP contribution in [0.25, 0.3) is 0 Å². The molecule has 1 heterocycles. The van der Waals surface area contributed by atoms with E-state index in [0.29, 0.717) is 6.04 Å². The van der Waals surface area contributed by atoms with Crippen molar-refractivity contribution in [1.29, 1.82) is 5.41 Å². The molecule has 0 amide bonds. The highest BCUT2D eigenvalue weighted by Crippen LogP contribution is 2.25. The molecule has 0 spiro atoms. The number of hydrogen-bond acceptors (Lipinski definition) is 6. The van der Waals surface area contributed by atoms with Gasteiger partial charge in [0.15, 0.2) is 5.84 Å². The van der Waals surface area contributed by atoms with Crippen LogP contribution >= 0.6 is 23.1 Å². The van der Waals surface area contributed by atoms with Crippen LogP contribution in [-0.2, 0) is 12.3 Å². The predicted octanol–water partition coefficient (Wildman–Crippen LogP) is 4.71. The highest BCUT2D eigenvalue weighted by Gasteiger charge is 2.24. The summed E-state index contributed by atoms with van der Waals surface area (Å²) in [7, 11) is 4.16. The van der Waals surface area contributed by atoms with Crippen LogP contribution in [0.15, 0.2) is 12.1 Å². The Morgan fingerprint density at radius 3 is 2.50 bits per heavy atom. The van der Waals surface area contributed by atoms with E-state index in [1.165, 1.54) is 41.9 Å². The molecule has 1 N–H and O–H groups in total. The van der Waals surface area contributed by atoms with Crippen LogP contribution in [0, 0.1) is 15.5 Å². The molecular formula is C20H34N4O2S2. The van der Waals surface area contributed by atoms with E-state index in [0.717, 1.165) is 37.4 Å². The molecule has 0 atom stereocenters. The first-order valence-electron chi connectivity index (χ1n) is 10.2. The molecule has 6 nitrogen and oxygen atoms in total. The molecule has 158 valence electrons. The fourth-order valence-corrected chi connectivity index (χ4v) is 5.91. The van der Waals surface area contributed by atoms with Gasteiger partial charge in [-0.1, -0.05) is 32.1 Å². The molecule has 0 aromatic carbocycles. The third-order valence-corrected chi connectivity index (χ3v) is 7.29. The Kier molecular flexibility index (Phi) is 10.3. The summed E-state index contributed by atoms with van der Waals surface area (Å²) < 4.78 is 0. The zero-order valence-corrected chi connectivity index (χ0v) is 18.8. The molecule has 0 unspecified atom stereocenters. The zero-order chi connectivity index (χ0) is 20.4. The second-order valence-corrected chi connectivity index (χ2v) is 10.1. The van der Waals surface area contributed by atoms with Gasteiger partial charge in [0.2, 0.25) is 0 Å². The Morgan fingerprint density at radius 1 is 1.21 bits per heavy atom. The quantitative estimate of drug-likeness (QED) is 0.193. The average Bonchev–Trinajstić information content (AvgIpc) is 3.01. The van der Waals surface area contributed by atoms with E-state index in [9.17, 15) is 10.1 Å². The van der Waals surface area contributed by atoms with Gasteiger partial charge in [-0.15, -0.1) is 11.3 Å². The van der Waals surface area contributed by atoms with Gasteiger partial charge in [-0.2, -0.15) is 11.8 Å². The zero-order valence-electron chi connectivity index (χ0n) is 17.2. The first kappa shape index (κ1) is 23.2.